The van der Waals surface area contributed by atoms with E-state index in [0.29, 0.717) is 18.2 Å². The van der Waals surface area contributed by atoms with Gasteiger partial charge in [0.1, 0.15) is 0 Å². The molecule has 0 aromatic rings. The number of nitrogens with one attached hydrogen (secondary N) is 1. The van der Waals surface area contributed by atoms with E-state index in [-0.39, 0.29) is 0 Å². The van der Waals surface area contributed by atoms with Crippen molar-refractivity contribution >= 4 is 0 Å². The van der Waals surface area contributed by atoms with Crippen LogP contribution in [0.5, 0.6) is 0 Å². The summed E-state index contributed by atoms with van der Waals surface area (Å²) >= 11 is 0. The maximum absolute atomic E-state index is 5.65. The first-order chi connectivity index (χ1) is 7.22. The predicted molar refractivity (Wildman–Crippen MR) is 62.0 cm³/mol. The number of ether oxygens (including phenoxy) is 1. The average Bonchev–Trinajstić information content (AvgIpc) is 2.64. The highest BCUT2D eigenvalue weighted by Gasteiger charge is 2.34. The van der Waals surface area contributed by atoms with Gasteiger partial charge in [0.25, 0.3) is 0 Å². The SMILES string of the molecule is CNC1CCN(C2CCOC2C)CC1C. The van der Waals surface area contributed by atoms with Gasteiger partial charge in [0.05, 0.1) is 6.10 Å². The second-order valence-electron chi connectivity index (χ2n) is 5.09. The molecule has 3 heteroatoms. The van der Waals surface area contributed by atoms with Crippen LogP contribution in [-0.4, -0.2) is 49.8 Å². The lowest BCUT2D eigenvalue weighted by Crippen LogP contribution is -2.52. The van der Waals surface area contributed by atoms with Gasteiger partial charge in [-0.3, -0.25) is 4.90 Å². The van der Waals surface area contributed by atoms with Gasteiger partial charge in [-0.05, 0) is 32.7 Å². The Morgan fingerprint density at radius 2 is 2.07 bits per heavy atom. The summed E-state index contributed by atoms with van der Waals surface area (Å²) in [6.07, 6.45) is 2.93. The van der Waals surface area contributed by atoms with Crippen molar-refractivity contribution in [3.63, 3.8) is 0 Å². The Kier molecular flexibility index (Phi) is 3.65. The lowest BCUT2D eigenvalue weighted by Gasteiger charge is -2.40. The largest absolute Gasteiger partial charge is 0.377 e. The fraction of sp³-hybridized carbons (Fsp3) is 1.00. The van der Waals surface area contributed by atoms with Crippen LogP contribution in [0.25, 0.3) is 0 Å². The van der Waals surface area contributed by atoms with E-state index in [1.54, 1.807) is 0 Å². The third-order valence-electron chi connectivity index (χ3n) is 4.11. The van der Waals surface area contributed by atoms with Gasteiger partial charge >= 0.3 is 0 Å². The summed E-state index contributed by atoms with van der Waals surface area (Å²) in [6.45, 7) is 7.98. The molecule has 2 heterocycles. The maximum atomic E-state index is 5.65. The highest BCUT2D eigenvalue weighted by atomic mass is 16.5. The maximum Gasteiger partial charge on any atom is 0.0703 e. The number of piperidine rings is 1. The molecule has 2 rings (SSSR count). The lowest BCUT2D eigenvalue weighted by atomic mass is 9.92. The van der Waals surface area contributed by atoms with Crippen LogP contribution in [-0.2, 0) is 4.74 Å². The van der Waals surface area contributed by atoms with Crippen molar-refractivity contribution in [2.45, 2.75) is 44.9 Å². The van der Waals surface area contributed by atoms with Crippen molar-refractivity contribution in [3.8, 4) is 0 Å². The number of rotatable bonds is 2. The van der Waals surface area contributed by atoms with Gasteiger partial charge in [0.15, 0.2) is 0 Å². The van der Waals surface area contributed by atoms with Crippen LogP contribution in [0.15, 0.2) is 0 Å². The van der Waals surface area contributed by atoms with Gasteiger partial charge < -0.3 is 10.1 Å². The molecule has 4 unspecified atom stereocenters. The fourth-order valence-electron chi connectivity index (χ4n) is 3.11. The molecule has 2 fully saturated rings. The fourth-order valence-corrected chi connectivity index (χ4v) is 3.11. The minimum Gasteiger partial charge on any atom is -0.377 e. The molecule has 1 N–H and O–H groups in total. The molecule has 15 heavy (non-hydrogen) atoms. The summed E-state index contributed by atoms with van der Waals surface area (Å²) in [5, 5.41) is 3.42. The monoisotopic (exact) mass is 212 g/mol. The Hall–Kier alpha value is -0.120. The van der Waals surface area contributed by atoms with Crippen LogP contribution < -0.4 is 5.32 Å². The Balaban J connectivity index is 1.90. The standard InChI is InChI=1S/C12H24N2O/c1-9-8-14(6-4-11(9)13-3)12-5-7-15-10(12)2/h9-13H,4-8H2,1-3H3. The van der Waals surface area contributed by atoms with Crippen molar-refractivity contribution < 1.29 is 4.74 Å². The summed E-state index contributed by atoms with van der Waals surface area (Å²) in [6, 6.07) is 1.38. The molecule has 0 radical (unpaired) electrons. The van der Waals surface area contributed by atoms with Crippen molar-refractivity contribution in [1.29, 1.82) is 0 Å². The minimum atomic E-state index is 0.434. The summed E-state index contributed by atoms with van der Waals surface area (Å²) in [4.78, 5) is 2.64. The second kappa shape index (κ2) is 4.81. The molecule has 0 aromatic heterocycles. The minimum absolute atomic E-state index is 0.434. The zero-order chi connectivity index (χ0) is 10.8. The van der Waals surface area contributed by atoms with Crippen LogP contribution in [0.1, 0.15) is 26.7 Å². The van der Waals surface area contributed by atoms with Crippen molar-refractivity contribution in [3.05, 3.63) is 0 Å². The molecule has 2 aliphatic heterocycles. The third kappa shape index (κ3) is 2.35. The first-order valence-electron chi connectivity index (χ1n) is 6.25. The summed E-state index contributed by atoms with van der Waals surface area (Å²) in [7, 11) is 2.08. The predicted octanol–water partition coefficient (Wildman–Crippen LogP) is 1.09. The highest BCUT2D eigenvalue weighted by Crippen LogP contribution is 2.25. The second-order valence-corrected chi connectivity index (χ2v) is 5.09. The van der Waals surface area contributed by atoms with Crippen molar-refractivity contribution in [2.24, 2.45) is 5.92 Å². The zero-order valence-electron chi connectivity index (χ0n) is 10.2. The molecule has 0 aromatic carbocycles. The van der Waals surface area contributed by atoms with E-state index in [9.17, 15) is 0 Å². The van der Waals surface area contributed by atoms with Crippen LogP contribution in [0, 0.1) is 5.92 Å². The topological polar surface area (TPSA) is 24.5 Å². The van der Waals surface area contributed by atoms with Crippen LogP contribution in [0.2, 0.25) is 0 Å². The van der Waals surface area contributed by atoms with E-state index < -0.39 is 0 Å². The molecule has 0 bridgehead atoms. The summed E-state index contributed by atoms with van der Waals surface area (Å²) in [5.74, 6) is 0.761. The Bertz CT molecular complexity index is 210. The molecular weight excluding hydrogens is 188 g/mol. The van der Waals surface area contributed by atoms with Gasteiger partial charge in [-0.25, -0.2) is 0 Å². The third-order valence-corrected chi connectivity index (χ3v) is 4.11. The molecule has 0 amide bonds. The molecule has 0 saturated carbocycles. The van der Waals surface area contributed by atoms with Gasteiger partial charge in [-0.2, -0.15) is 0 Å². The normalized spacial score (nSPS) is 43.4. The molecule has 88 valence electrons. The number of hydrogen-bond donors (Lipinski definition) is 1. The first kappa shape index (κ1) is 11.4. The van der Waals surface area contributed by atoms with Gasteiger partial charge in [0, 0.05) is 31.8 Å². The summed E-state index contributed by atoms with van der Waals surface area (Å²) in [5.41, 5.74) is 0. The zero-order valence-corrected chi connectivity index (χ0v) is 10.2. The Morgan fingerprint density at radius 1 is 1.27 bits per heavy atom. The molecule has 4 atom stereocenters. The molecule has 2 aliphatic rings. The highest BCUT2D eigenvalue weighted by molar-refractivity contribution is 4.89. The molecular formula is C12H24N2O. The van der Waals surface area contributed by atoms with Crippen molar-refractivity contribution in [2.75, 3.05) is 26.7 Å². The number of nitrogens with zero attached hydrogens (tertiary/aromatic N) is 1. The van der Waals surface area contributed by atoms with E-state index in [1.807, 2.05) is 0 Å². The first-order valence-corrected chi connectivity index (χ1v) is 6.25. The number of likely N-dealkylation sites (tertiary alicyclic amines) is 1. The molecule has 0 spiro atoms. The van der Waals surface area contributed by atoms with Gasteiger partial charge in [0.2, 0.25) is 0 Å². The van der Waals surface area contributed by atoms with Crippen LogP contribution in [0.4, 0.5) is 0 Å². The van der Waals surface area contributed by atoms with E-state index in [4.69, 9.17) is 4.74 Å². The molecule has 0 aliphatic carbocycles. The Morgan fingerprint density at radius 3 is 2.60 bits per heavy atom. The molecule has 2 saturated heterocycles. The van der Waals surface area contributed by atoms with Crippen LogP contribution >= 0.6 is 0 Å². The Labute approximate surface area is 93.2 Å². The summed E-state index contributed by atoms with van der Waals surface area (Å²) < 4.78 is 5.65. The molecule has 3 nitrogen and oxygen atoms in total. The average molecular weight is 212 g/mol. The smallest absolute Gasteiger partial charge is 0.0703 e. The van der Waals surface area contributed by atoms with E-state index in [0.717, 1.165) is 12.5 Å². The van der Waals surface area contributed by atoms with E-state index in [1.165, 1.54) is 25.9 Å². The van der Waals surface area contributed by atoms with Gasteiger partial charge in [-0.15, -0.1) is 0 Å². The lowest BCUT2D eigenvalue weighted by molar-refractivity contribution is 0.0474. The van der Waals surface area contributed by atoms with E-state index >= 15 is 0 Å². The quantitative estimate of drug-likeness (QED) is 0.741. The van der Waals surface area contributed by atoms with Crippen molar-refractivity contribution in [1.82, 2.24) is 10.2 Å². The van der Waals surface area contributed by atoms with Gasteiger partial charge in [-0.1, -0.05) is 6.92 Å². The number of hydrogen-bond acceptors (Lipinski definition) is 3. The van der Waals surface area contributed by atoms with E-state index in [2.05, 4.69) is 31.1 Å². The van der Waals surface area contributed by atoms with Crippen LogP contribution in [0.3, 0.4) is 0 Å².